The van der Waals surface area contributed by atoms with E-state index in [2.05, 4.69) is 22.0 Å². The summed E-state index contributed by atoms with van der Waals surface area (Å²) in [5.74, 6) is 1.10. The van der Waals surface area contributed by atoms with Crippen LogP contribution in [0.5, 0.6) is 0 Å². The Morgan fingerprint density at radius 3 is 2.00 bits per heavy atom. The summed E-state index contributed by atoms with van der Waals surface area (Å²) < 4.78 is 38.6. The van der Waals surface area contributed by atoms with Crippen molar-refractivity contribution >= 4 is 5.84 Å². The van der Waals surface area contributed by atoms with Gasteiger partial charge in [0.05, 0.1) is 23.5 Å². The van der Waals surface area contributed by atoms with Crippen LogP contribution in [0.4, 0.5) is 13.2 Å². The first-order valence-electron chi connectivity index (χ1n) is 9.08. The summed E-state index contributed by atoms with van der Waals surface area (Å²) >= 11 is 0. The van der Waals surface area contributed by atoms with E-state index in [1.807, 2.05) is 18.2 Å². The summed E-state index contributed by atoms with van der Waals surface area (Å²) in [6, 6.07) is 16.3. The molecule has 2 atom stereocenters. The highest BCUT2D eigenvalue weighted by Crippen LogP contribution is 2.45. The van der Waals surface area contributed by atoms with Gasteiger partial charge in [-0.15, -0.1) is 0 Å². The van der Waals surface area contributed by atoms with E-state index in [1.165, 1.54) is 17.7 Å². The monoisotopic (exact) mass is 358 g/mol. The van der Waals surface area contributed by atoms with Gasteiger partial charge < -0.3 is 4.90 Å². The topological polar surface area (TPSA) is 15.6 Å². The molecular weight excluding hydrogens is 337 g/mol. The van der Waals surface area contributed by atoms with Gasteiger partial charge in [0.15, 0.2) is 0 Å². The Hall–Kier alpha value is -2.30. The van der Waals surface area contributed by atoms with Gasteiger partial charge in [0.1, 0.15) is 0 Å². The molecule has 2 aromatic rings. The molecule has 5 heteroatoms. The Balaban J connectivity index is 1.67. The third-order valence-electron chi connectivity index (χ3n) is 5.34. The van der Waals surface area contributed by atoms with Crippen LogP contribution in [-0.4, -0.2) is 17.3 Å². The lowest BCUT2D eigenvalue weighted by Gasteiger charge is -2.33. The molecule has 26 heavy (non-hydrogen) atoms. The van der Waals surface area contributed by atoms with Crippen LogP contribution in [0.25, 0.3) is 0 Å². The molecule has 0 unspecified atom stereocenters. The van der Waals surface area contributed by atoms with Crippen LogP contribution in [0.15, 0.2) is 59.6 Å². The lowest BCUT2D eigenvalue weighted by atomic mass is 10.0. The van der Waals surface area contributed by atoms with Crippen molar-refractivity contribution in [3.8, 4) is 0 Å². The zero-order valence-electron chi connectivity index (χ0n) is 14.4. The van der Waals surface area contributed by atoms with Gasteiger partial charge in [0.2, 0.25) is 0 Å². The summed E-state index contributed by atoms with van der Waals surface area (Å²) in [7, 11) is 0. The normalized spacial score (nSPS) is 23.3. The Morgan fingerprint density at radius 2 is 1.46 bits per heavy atom. The molecule has 0 saturated carbocycles. The second-order valence-electron chi connectivity index (χ2n) is 6.95. The molecule has 0 radical (unpaired) electrons. The fraction of sp³-hybridized carbons (Fsp3) is 0.381. The minimum atomic E-state index is -4.30. The summed E-state index contributed by atoms with van der Waals surface area (Å²) in [5, 5.41) is 0. The molecule has 1 fully saturated rings. The number of halogens is 3. The predicted octanol–water partition coefficient (Wildman–Crippen LogP) is 5.78. The molecule has 2 aromatic carbocycles. The first-order valence-corrected chi connectivity index (χ1v) is 9.08. The average Bonchev–Trinajstić information content (AvgIpc) is 3.31. The Morgan fingerprint density at radius 1 is 0.846 bits per heavy atom. The first-order chi connectivity index (χ1) is 12.5. The van der Waals surface area contributed by atoms with Crippen molar-refractivity contribution in [1.29, 1.82) is 0 Å². The van der Waals surface area contributed by atoms with Crippen molar-refractivity contribution in [3.05, 3.63) is 71.3 Å². The maximum absolute atomic E-state index is 12.9. The molecule has 0 amide bonds. The van der Waals surface area contributed by atoms with Crippen LogP contribution >= 0.6 is 0 Å². The van der Waals surface area contributed by atoms with E-state index in [0.29, 0.717) is 0 Å². The molecular formula is C21H21F3N2. The van der Waals surface area contributed by atoms with E-state index in [9.17, 15) is 13.2 Å². The van der Waals surface area contributed by atoms with E-state index in [1.54, 1.807) is 12.1 Å². The predicted molar refractivity (Wildman–Crippen MR) is 96.0 cm³/mol. The number of rotatable bonds is 2. The maximum Gasteiger partial charge on any atom is 0.416 e. The zero-order chi connectivity index (χ0) is 18.1. The maximum atomic E-state index is 12.9. The average molecular weight is 358 g/mol. The molecule has 4 rings (SSSR count). The van der Waals surface area contributed by atoms with Crippen LogP contribution < -0.4 is 0 Å². The van der Waals surface area contributed by atoms with Crippen molar-refractivity contribution in [3.63, 3.8) is 0 Å². The summed E-state index contributed by atoms with van der Waals surface area (Å²) in [6.45, 7) is 0.840. The highest BCUT2D eigenvalue weighted by molar-refractivity contribution is 5.85. The molecule has 136 valence electrons. The number of hydrogen-bond donors (Lipinski definition) is 0. The van der Waals surface area contributed by atoms with Crippen LogP contribution in [0.2, 0.25) is 0 Å². The van der Waals surface area contributed by atoms with Crippen molar-refractivity contribution in [2.75, 3.05) is 6.54 Å². The number of amidine groups is 1. The van der Waals surface area contributed by atoms with Crippen molar-refractivity contribution in [2.45, 2.75) is 43.9 Å². The number of hydrogen-bond acceptors (Lipinski definition) is 2. The molecule has 2 heterocycles. The van der Waals surface area contributed by atoms with Crippen LogP contribution in [0.3, 0.4) is 0 Å². The standard InChI is InChI=1S/C21H21F3N2/c22-21(23,24)17-10-8-16(9-11-17)19-13-12-18(15-5-2-1-3-6-15)26(19)20-7-4-14-25-20/h1-3,5-6,8-11,18-19H,4,7,12-14H2/t18-,19-/m1/s1. The number of likely N-dealkylation sites (tertiary alicyclic amines) is 1. The quantitative estimate of drug-likeness (QED) is 0.665. The molecule has 0 N–H and O–H groups in total. The van der Waals surface area contributed by atoms with E-state index in [-0.39, 0.29) is 12.1 Å². The Kier molecular flexibility index (Phi) is 4.47. The summed E-state index contributed by atoms with van der Waals surface area (Å²) in [5.41, 5.74) is 1.59. The summed E-state index contributed by atoms with van der Waals surface area (Å²) in [6.07, 6.45) is -0.401. The molecule has 0 bridgehead atoms. The summed E-state index contributed by atoms with van der Waals surface area (Å²) in [4.78, 5) is 7.04. The van der Waals surface area contributed by atoms with Crippen molar-refractivity contribution < 1.29 is 13.2 Å². The van der Waals surface area contributed by atoms with E-state index in [0.717, 1.165) is 43.6 Å². The van der Waals surface area contributed by atoms with Gasteiger partial charge in [-0.1, -0.05) is 42.5 Å². The molecule has 0 aliphatic carbocycles. The fourth-order valence-electron chi connectivity index (χ4n) is 4.13. The lowest BCUT2D eigenvalue weighted by Crippen LogP contribution is -2.31. The molecule has 2 aliphatic heterocycles. The highest BCUT2D eigenvalue weighted by Gasteiger charge is 2.38. The fourth-order valence-corrected chi connectivity index (χ4v) is 4.13. The van der Waals surface area contributed by atoms with Gasteiger partial charge in [-0.3, -0.25) is 4.99 Å². The van der Waals surface area contributed by atoms with Gasteiger partial charge in [-0.05, 0) is 42.5 Å². The van der Waals surface area contributed by atoms with Gasteiger partial charge in [0.25, 0.3) is 0 Å². The smallest absolute Gasteiger partial charge is 0.346 e. The third kappa shape index (κ3) is 3.22. The number of nitrogens with zero attached hydrogens (tertiary/aromatic N) is 2. The number of aliphatic imine (C=N–C) groups is 1. The Bertz CT molecular complexity index is 781. The van der Waals surface area contributed by atoms with Crippen molar-refractivity contribution in [2.24, 2.45) is 4.99 Å². The van der Waals surface area contributed by atoms with Crippen molar-refractivity contribution in [1.82, 2.24) is 4.90 Å². The first kappa shape index (κ1) is 17.1. The van der Waals surface area contributed by atoms with Gasteiger partial charge in [-0.2, -0.15) is 13.2 Å². The van der Waals surface area contributed by atoms with E-state index >= 15 is 0 Å². The largest absolute Gasteiger partial charge is 0.416 e. The third-order valence-corrected chi connectivity index (χ3v) is 5.34. The highest BCUT2D eigenvalue weighted by atomic mass is 19.4. The number of benzene rings is 2. The van der Waals surface area contributed by atoms with Gasteiger partial charge in [-0.25, -0.2) is 0 Å². The van der Waals surface area contributed by atoms with E-state index in [4.69, 9.17) is 0 Å². The van der Waals surface area contributed by atoms with Crippen LogP contribution in [0.1, 0.15) is 54.5 Å². The SMILES string of the molecule is FC(F)(F)c1ccc([C@H]2CC[C@H](c3ccccc3)N2C2=NCCC2)cc1. The molecule has 0 aromatic heterocycles. The Labute approximate surface area is 151 Å². The van der Waals surface area contributed by atoms with Gasteiger partial charge >= 0.3 is 6.18 Å². The second kappa shape index (κ2) is 6.78. The van der Waals surface area contributed by atoms with E-state index < -0.39 is 11.7 Å². The molecule has 1 saturated heterocycles. The van der Waals surface area contributed by atoms with Gasteiger partial charge in [0, 0.05) is 13.0 Å². The zero-order valence-corrected chi connectivity index (χ0v) is 14.4. The second-order valence-corrected chi connectivity index (χ2v) is 6.95. The molecule has 0 spiro atoms. The lowest BCUT2D eigenvalue weighted by molar-refractivity contribution is -0.137. The number of alkyl halides is 3. The van der Waals surface area contributed by atoms with Crippen LogP contribution in [-0.2, 0) is 6.18 Å². The van der Waals surface area contributed by atoms with Crippen LogP contribution in [0, 0.1) is 0 Å². The minimum absolute atomic E-state index is 0.0827. The molecule has 2 aliphatic rings. The minimum Gasteiger partial charge on any atom is -0.346 e. The molecule has 2 nitrogen and oxygen atoms in total.